The molecule has 0 radical (unpaired) electrons. The van der Waals surface area contributed by atoms with Crippen molar-refractivity contribution in [3.05, 3.63) is 15.0 Å². The molecule has 0 aliphatic carbocycles. The number of hydrogen-bond donors (Lipinski definition) is 0. The van der Waals surface area contributed by atoms with Crippen molar-refractivity contribution in [1.29, 1.82) is 0 Å². The molecule has 1 aliphatic heterocycles. The SMILES string of the molecule is O=[N+]([O-])[O][Al]1[O][N+](=O)[O]1. The van der Waals surface area contributed by atoms with Gasteiger partial charge in [-0.25, -0.2) is 0 Å². The van der Waals surface area contributed by atoms with Crippen molar-refractivity contribution in [3.8, 4) is 0 Å². The summed E-state index contributed by atoms with van der Waals surface area (Å²) in [7, 11) is 0. The molecule has 0 bridgehead atoms. The molecule has 1 heterocycles. The molecule has 0 unspecified atom stereocenters. The second kappa shape index (κ2) is 2.04. The molecule has 8 nitrogen and oxygen atoms in total. The van der Waals surface area contributed by atoms with E-state index < -0.39 is 20.2 Å². The molecule has 0 aromatic rings. The van der Waals surface area contributed by atoms with Crippen LogP contribution in [-0.2, 0) is 11.7 Å². The van der Waals surface area contributed by atoms with E-state index in [1.165, 1.54) is 0 Å². The first-order chi connectivity index (χ1) is 4.18. The molecule has 1 saturated heterocycles. The second-order valence-corrected chi connectivity index (χ2v) is 2.26. The molecule has 9 heteroatoms. The third kappa shape index (κ3) is 1.41. The quantitative estimate of drug-likeness (QED) is 0.280. The zero-order chi connectivity index (χ0) is 6.85. The van der Waals surface area contributed by atoms with Crippen LogP contribution in [0.2, 0.25) is 0 Å². The lowest BCUT2D eigenvalue weighted by Gasteiger charge is -2.03. The Bertz CT molecular complexity index is 145. The fraction of sp³-hybridized carbons (Fsp3) is 0. The molecule has 0 atom stereocenters. The Kier molecular flexibility index (Phi) is 1.37. The van der Waals surface area contributed by atoms with Crippen LogP contribution in [0.1, 0.15) is 0 Å². The monoisotopic (exact) mass is 151 g/mol. The van der Waals surface area contributed by atoms with Gasteiger partial charge in [-0.05, 0) is 0 Å². The first kappa shape index (κ1) is 6.06. The van der Waals surface area contributed by atoms with E-state index in [1.807, 2.05) is 0 Å². The smallest absolute Gasteiger partial charge is 0.324 e. The average Bonchev–Trinajstić information content (AvgIpc) is 1.60. The Hall–Kier alpha value is -1.07. The zero-order valence-corrected chi connectivity index (χ0v) is 5.08. The summed E-state index contributed by atoms with van der Waals surface area (Å²) < 4.78 is 11.7. The van der Waals surface area contributed by atoms with E-state index in [0.29, 0.717) is 0 Å². The van der Waals surface area contributed by atoms with Crippen LogP contribution in [0.15, 0.2) is 0 Å². The van der Waals surface area contributed by atoms with Gasteiger partial charge in [-0.3, -0.25) is 7.78 Å². The van der Waals surface area contributed by atoms with Gasteiger partial charge >= 0.3 is 20.2 Å². The maximum Gasteiger partial charge on any atom is 1.24 e. The number of rotatable bonds is 2. The van der Waals surface area contributed by atoms with E-state index in [4.69, 9.17) is 0 Å². The Labute approximate surface area is 52.9 Å². The third-order valence-electron chi connectivity index (χ3n) is 0.516. The van der Waals surface area contributed by atoms with Gasteiger partial charge in [-0.15, -0.1) is 10.1 Å². The predicted octanol–water partition coefficient (Wildman–Crippen LogP) is -1.16. The molecule has 9 heavy (non-hydrogen) atoms. The summed E-state index contributed by atoms with van der Waals surface area (Å²) in [5.74, 6) is 0. The molecule has 1 aliphatic rings. The summed E-state index contributed by atoms with van der Waals surface area (Å²) in [6.07, 6.45) is 0. The fourth-order valence-electron chi connectivity index (χ4n) is 0.257. The maximum atomic E-state index is 9.70. The zero-order valence-electron chi connectivity index (χ0n) is 3.92. The first-order valence-corrected chi connectivity index (χ1v) is 3.22. The standard InChI is InChI=1S/Al.2NO3/c;2*2-1(3)4/q+3;2*-1. The van der Waals surface area contributed by atoms with E-state index in [9.17, 15) is 15.0 Å². The third-order valence-corrected chi connectivity index (χ3v) is 1.55. The summed E-state index contributed by atoms with van der Waals surface area (Å²) >= 11 is -2.70. The van der Waals surface area contributed by atoms with Gasteiger partial charge in [0.25, 0.3) is 5.09 Å². The van der Waals surface area contributed by atoms with Crippen LogP contribution in [0, 0.1) is 15.0 Å². The van der Waals surface area contributed by atoms with Crippen molar-refractivity contribution >= 4 is 15.1 Å². The number of hydrogen-bond acceptors (Lipinski definition) is 6. The molecule has 0 saturated carbocycles. The minimum Gasteiger partial charge on any atom is -0.324 e. The molecular weight excluding hydrogens is 151 g/mol. The van der Waals surface area contributed by atoms with Crippen LogP contribution in [0.5, 0.6) is 0 Å². The van der Waals surface area contributed by atoms with Gasteiger partial charge in [-0.1, -0.05) is 0 Å². The fourth-order valence-corrected chi connectivity index (χ4v) is 0.772. The Balaban J connectivity index is 2.18. The Morgan fingerprint density at radius 1 is 1.67 bits per heavy atom. The molecule has 0 aromatic carbocycles. The molecule has 0 N–H and O–H groups in total. The van der Waals surface area contributed by atoms with Crippen molar-refractivity contribution in [2.24, 2.45) is 0 Å². The Morgan fingerprint density at radius 2 is 2.22 bits per heavy atom. The van der Waals surface area contributed by atoms with Gasteiger partial charge in [-0.2, -0.15) is 0 Å². The summed E-state index contributed by atoms with van der Waals surface area (Å²) in [4.78, 5) is 19.1. The van der Waals surface area contributed by atoms with Crippen LogP contribution in [-0.4, -0.2) is 25.3 Å². The molecule has 48 valence electrons. The van der Waals surface area contributed by atoms with Gasteiger partial charge in [0.1, 0.15) is 4.91 Å². The molecular formula is AlN2O6+. The summed E-state index contributed by atoms with van der Waals surface area (Å²) in [5.41, 5.74) is 0. The highest BCUT2D eigenvalue weighted by Gasteiger charge is 2.67. The van der Waals surface area contributed by atoms with Gasteiger partial charge in [0.05, 0.1) is 0 Å². The van der Waals surface area contributed by atoms with Crippen molar-refractivity contribution in [1.82, 2.24) is 0 Å². The van der Waals surface area contributed by atoms with Crippen LogP contribution in [0.3, 0.4) is 0 Å². The molecule has 0 amide bonds. The lowest BCUT2D eigenvalue weighted by Crippen LogP contribution is -2.45. The lowest BCUT2D eigenvalue weighted by atomic mass is 13.1. The highest BCUT2D eigenvalue weighted by Crippen LogP contribution is 2.03. The van der Waals surface area contributed by atoms with Gasteiger partial charge in [0.15, 0.2) is 0 Å². The largest absolute Gasteiger partial charge is 1.24 e. The molecule has 0 aromatic heterocycles. The van der Waals surface area contributed by atoms with E-state index in [2.05, 4.69) is 11.7 Å². The molecule has 0 spiro atoms. The highest BCUT2D eigenvalue weighted by molar-refractivity contribution is 6.36. The van der Waals surface area contributed by atoms with E-state index in [-0.39, 0.29) is 5.09 Å². The highest BCUT2D eigenvalue weighted by atomic mass is 27.3. The van der Waals surface area contributed by atoms with Crippen LogP contribution in [0.4, 0.5) is 0 Å². The molecule has 1 rings (SSSR count). The summed E-state index contributed by atoms with van der Waals surface area (Å²) in [6, 6.07) is 0. The summed E-state index contributed by atoms with van der Waals surface area (Å²) in [6.45, 7) is 0. The minimum atomic E-state index is -2.70. The summed E-state index contributed by atoms with van der Waals surface area (Å²) in [5, 5.41) is 8.15. The minimum absolute atomic E-state index is 0.236. The number of nitrogens with zero attached hydrogens (tertiary/aromatic N) is 2. The van der Waals surface area contributed by atoms with Crippen molar-refractivity contribution in [2.45, 2.75) is 0 Å². The second-order valence-electron chi connectivity index (χ2n) is 1.05. The van der Waals surface area contributed by atoms with E-state index in [1.54, 1.807) is 0 Å². The van der Waals surface area contributed by atoms with Gasteiger partial charge in [0.2, 0.25) is 0 Å². The lowest BCUT2D eigenvalue weighted by molar-refractivity contribution is -1.00. The van der Waals surface area contributed by atoms with Crippen molar-refractivity contribution in [3.63, 3.8) is 0 Å². The molecule has 1 fully saturated rings. The van der Waals surface area contributed by atoms with Gasteiger partial charge in [0, 0.05) is 0 Å². The average molecular weight is 151 g/mol. The van der Waals surface area contributed by atoms with Crippen LogP contribution in [0.25, 0.3) is 0 Å². The maximum absolute atomic E-state index is 9.70. The van der Waals surface area contributed by atoms with E-state index in [0.717, 1.165) is 0 Å². The first-order valence-electron chi connectivity index (χ1n) is 1.80. The van der Waals surface area contributed by atoms with E-state index >= 15 is 0 Å². The van der Waals surface area contributed by atoms with Crippen molar-refractivity contribution in [2.75, 3.05) is 0 Å². The van der Waals surface area contributed by atoms with Crippen molar-refractivity contribution < 1.29 is 21.8 Å². The Morgan fingerprint density at radius 3 is 2.56 bits per heavy atom. The van der Waals surface area contributed by atoms with Crippen LogP contribution >= 0.6 is 0 Å². The van der Waals surface area contributed by atoms with Gasteiger partial charge < -0.3 is 3.89 Å². The predicted molar refractivity (Wildman–Crippen MR) is 19.6 cm³/mol. The van der Waals surface area contributed by atoms with Crippen LogP contribution < -0.4 is 0 Å². The normalized spacial score (nSPS) is 15.1. The topological polar surface area (TPSA) is 90.9 Å².